The minimum absolute atomic E-state index is 0.00302. The van der Waals surface area contributed by atoms with Gasteiger partial charge in [0.05, 0.1) is 17.0 Å². The van der Waals surface area contributed by atoms with Crippen molar-refractivity contribution in [3.63, 3.8) is 0 Å². The second kappa shape index (κ2) is 8.90. The predicted molar refractivity (Wildman–Crippen MR) is 129 cm³/mol. The average molecular weight is 466 g/mol. The molecule has 3 heterocycles. The Kier molecular flexibility index (Phi) is 6.16. The number of thiazole rings is 1. The van der Waals surface area contributed by atoms with Gasteiger partial charge in [-0.05, 0) is 63.8 Å². The maximum Gasteiger partial charge on any atom is 0.277 e. The molecule has 172 valence electrons. The van der Waals surface area contributed by atoms with Crippen molar-refractivity contribution in [2.24, 2.45) is 7.05 Å². The van der Waals surface area contributed by atoms with Crippen LogP contribution in [0.1, 0.15) is 55.4 Å². The van der Waals surface area contributed by atoms with Crippen molar-refractivity contribution in [2.45, 2.75) is 40.5 Å². The summed E-state index contributed by atoms with van der Waals surface area (Å²) in [7, 11) is 1.60. The normalized spacial score (nSPS) is 13.4. The van der Waals surface area contributed by atoms with Crippen molar-refractivity contribution in [3.8, 4) is 10.6 Å². The van der Waals surface area contributed by atoms with Crippen molar-refractivity contribution in [1.82, 2.24) is 19.7 Å². The molecule has 0 spiro atoms. The number of rotatable bonds is 4. The fraction of sp³-hybridized carbons (Fsp3) is 0.375. The summed E-state index contributed by atoms with van der Waals surface area (Å²) in [6, 6.07) is 5.37. The number of nitrogens with zero attached hydrogens (tertiary/aromatic N) is 4. The van der Waals surface area contributed by atoms with Crippen LogP contribution in [0.5, 0.6) is 0 Å². The number of aromatic nitrogens is 3. The number of carbonyl (C=O) groups is 2. The fourth-order valence-corrected chi connectivity index (χ4v) is 5.14. The van der Waals surface area contributed by atoms with Gasteiger partial charge in [0.15, 0.2) is 0 Å². The lowest BCUT2D eigenvalue weighted by Crippen LogP contribution is -2.28. The molecule has 0 atom stereocenters. The van der Waals surface area contributed by atoms with E-state index in [0.29, 0.717) is 32.4 Å². The number of amides is 2. The van der Waals surface area contributed by atoms with Crippen molar-refractivity contribution in [1.29, 1.82) is 0 Å². The number of hydrogen-bond donors (Lipinski definition) is 1. The molecule has 2 aromatic heterocycles. The molecule has 9 heteroatoms. The maximum atomic E-state index is 13.1. The first-order valence-corrected chi connectivity index (χ1v) is 11.7. The third kappa shape index (κ3) is 4.20. The minimum atomic E-state index is -0.314. The Morgan fingerprint density at radius 1 is 1.03 bits per heavy atom. The Morgan fingerprint density at radius 2 is 1.73 bits per heavy atom. The van der Waals surface area contributed by atoms with Gasteiger partial charge in [-0.1, -0.05) is 6.07 Å². The van der Waals surface area contributed by atoms with E-state index in [1.54, 1.807) is 32.2 Å². The quantitative estimate of drug-likeness (QED) is 0.635. The molecule has 0 radical (unpaired) electrons. The molecule has 0 saturated carbocycles. The van der Waals surface area contributed by atoms with E-state index >= 15 is 0 Å². The van der Waals surface area contributed by atoms with Crippen LogP contribution < -0.4 is 10.9 Å². The number of likely N-dealkylation sites (tertiary alicyclic amines) is 1. The highest BCUT2D eigenvalue weighted by Crippen LogP contribution is 2.30. The van der Waals surface area contributed by atoms with Crippen molar-refractivity contribution < 1.29 is 9.59 Å². The SMILES string of the molecule is Cc1nc(-c2c(C)c(C)nn(C)c2=O)sc1C(=O)Nc1cccc(C(=O)N2CCCC2)c1C. The standard InChI is InChI=1S/C24H27N5O3S/c1-13-15(3)27-28(5)24(32)19(13)22-25-16(4)20(33-22)21(30)26-18-10-8-9-17(14(18)2)23(31)29-11-6-7-12-29/h8-10H,6-7,11-12H2,1-5H3,(H,26,30). The van der Waals surface area contributed by atoms with Crippen LogP contribution in [0.3, 0.4) is 0 Å². The largest absolute Gasteiger partial charge is 0.339 e. The summed E-state index contributed by atoms with van der Waals surface area (Å²) in [6.07, 6.45) is 2.04. The van der Waals surface area contributed by atoms with Crippen LogP contribution in [0.25, 0.3) is 10.6 Å². The van der Waals surface area contributed by atoms with E-state index in [9.17, 15) is 14.4 Å². The zero-order valence-electron chi connectivity index (χ0n) is 19.5. The number of carbonyl (C=O) groups excluding carboxylic acids is 2. The molecular weight excluding hydrogens is 438 g/mol. The summed E-state index contributed by atoms with van der Waals surface area (Å²) in [5.41, 5.74) is 4.18. The van der Waals surface area contributed by atoms with E-state index in [0.717, 1.165) is 42.8 Å². The van der Waals surface area contributed by atoms with Crippen LogP contribution in [0.4, 0.5) is 5.69 Å². The van der Waals surface area contributed by atoms with Crippen LogP contribution in [0, 0.1) is 27.7 Å². The van der Waals surface area contributed by atoms with Crippen LogP contribution in [-0.4, -0.2) is 44.6 Å². The highest BCUT2D eigenvalue weighted by Gasteiger charge is 2.24. The van der Waals surface area contributed by atoms with Crippen LogP contribution in [-0.2, 0) is 7.05 Å². The molecule has 0 bridgehead atoms. The van der Waals surface area contributed by atoms with E-state index in [2.05, 4.69) is 15.4 Å². The second-order valence-electron chi connectivity index (χ2n) is 8.38. The van der Waals surface area contributed by atoms with Gasteiger partial charge < -0.3 is 10.2 Å². The molecule has 33 heavy (non-hydrogen) atoms. The first-order chi connectivity index (χ1) is 15.7. The molecule has 2 amide bonds. The molecule has 0 unspecified atom stereocenters. The second-order valence-corrected chi connectivity index (χ2v) is 9.38. The molecule has 1 saturated heterocycles. The number of aryl methyl sites for hydroxylation is 3. The molecule has 1 N–H and O–H groups in total. The first-order valence-electron chi connectivity index (χ1n) is 10.9. The van der Waals surface area contributed by atoms with Gasteiger partial charge >= 0.3 is 0 Å². The van der Waals surface area contributed by atoms with Crippen molar-refractivity contribution in [2.75, 3.05) is 18.4 Å². The van der Waals surface area contributed by atoms with Crippen LogP contribution >= 0.6 is 11.3 Å². The third-order valence-corrected chi connectivity index (χ3v) is 7.32. The summed E-state index contributed by atoms with van der Waals surface area (Å²) in [5, 5.41) is 7.64. The highest BCUT2D eigenvalue weighted by atomic mass is 32.1. The van der Waals surface area contributed by atoms with Crippen molar-refractivity contribution >= 4 is 28.8 Å². The van der Waals surface area contributed by atoms with Gasteiger partial charge in [-0.25, -0.2) is 9.67 Å². The lowest BCUT2D eigenvalue weighted by molar-refractivity contribution is 0.0791. The molecule has 0 aliphatic carbocycles. The molecule has 8 nitrogen and oxygen atoms in total. The molecular formula is C24H27N5O3S. The van der Waals surface area contributed by atoms with Gasteiger partial charge in [-0.2, -0.15) is 5.10 Å². The lowest BCUT2D eigenvalue weighted by atomic mass is 10.1. The van der Waals surface area contributed by atoms with Crippen LogP contribution in [0.15, 0.2) is 23.0 Å². The van der Waals surface area contributed by atoms with Gasteiger partial charge in [0, 0.05) is 31.4 Å². The Hall–Kier alpha value is -3.33. The van der Waals surface area contributed by atoms with E-state index in [1.165, 1.54) is 16.0 Å². The van der Waals surface area contributed by atoms with E-state index in [-0.39, 0.29) is 17.4 Å². The molecule has 1 fully saturated rings. The summed E-state index contributed by atoms with van der Waals surface area (Å²) < 4.78 is 1.29. The van der Waals surface area contributed by atoms with Gasteiger partial charge in [-0.3, -0.25) is 14.4 Å². The summed E-state index contributed by atoms with van der Waals surface area (Å²) in [4.78, 5) is 45.5. The Balaban J connectivity index is 1.64. The van der Waals surface area contributed by atoms with Gasteiger partial charge in [0.2, 0.25) is 0 Å². The molecule has 1 aromatic carbocycles. The zero-order chi connectivity index (χ0) is 23.9. The summed E-state index contributed by atoms with van der Waals surface area (Å²) in [6.45, 7) is 8.81. The molecule has 3 aromatic rings. The number of hydrogen-bond acceptors (Lipinski definition) is 6. The average Bonchev–Trinajstić information content (AvgIpc) is 3.44. The highest BCUT2D eigenvalue weighted by molar-refractivity contribution is 7.17. The van der Waals surface area contributed by atoms with Gasteiger partial charge in [0.1, 0.15) is 9.88 Å². The minimum Gasteiger partial charge on any atom is -0.339 e. The van der Waals surface area contributed by atoms with Crippen molar-refractivity contribution in [3.05, 3.63) is 61.5 Å². The summed E-state index contributed by atoms with van der Waals surface area (Å²) >= 11 is 1.18. The van der Waals surface area contributed by atoms with E-state index in [4.69, 9.17) is 0 Å². The number of benzene rings is 1. The molecule has 1 aliphatic heterocycles. The monoisotopic (exact) mass is 465 g/mol. The molecule has 4 rings (SSSR count). The number of nitrogens with one attached hydrogen (secondary N) is 1. The van der Waals surface area contributed by atoms with Gasteiger partial charge in [0.25, 0.3) is 17.4 Å². The predicted octanol–water partition coefficient (Wildman–Crippen LogP) is 3.63. The van der Waals surface area contributed by atoms with E-state index in [1.807, 2.05) is 25.7 Å². The Labute approximate surface area is 196 Å². The Morgan fingerprint density at radius 3 is 2.42 bits per heavy atom. The van der Waals surface area contributed by atoms with Crippen LogP contribution in [0.2, 0.25) is 0 Å². The zero-order valence-corrected chi connectivity index (χ0v) is 20.3. The fourth-order valence-electron chi connectivity index (χ4n) is 4.09. The Bertz CT molecular complexity index is 1320. The molecule has 1 aliphatic rings. The first kappa shape index (κ1) is 22.8. The lowest BCUT2D eigenvalue weighted by Gasteiger charge is -2.18. The number of anilines is 1. The third-order valence-electron chi connectivity index (χ3n) is 6.15. The van der Waals surface area contributed by atoms with Gasteiger partial charge in [-0.15, -0.1) is 11.3 Å². The topological polar surface area (TPSA) is 97.2 Å². The smallest absolute Gasteiger partial charge is 0.277 e. The summed E-state index contributed by atoms with van der Waals surface area (Å²) in [5.74, 6) is -0.317. The van der Waals surface area contributed by atoms with E-state index < -0.39 is 0 Å². The maximum absolute atomic E-state index is 13.1.